The standard InChI is InChI=1S/C10H9N5O/c1-15-5-8-6(9-11-13-14-12-9)3-2-4-7(8)10(15)16/h2-4H,5H2,1H3,(H,11,12,13,14). The molecule has 1 aromatic carbocycles. The largest absolute Gasteiger partial charge is 0.337 e. The second-order valence-corrected chi connectivity index (χ2v) is 3.73. The van der Waals surface area contributed by atoms with Crippen molar-refractivity contribution in [2.45, 2.75) is 6.54 Å². The minimum Gasteiger partial charge on any atom is -0.337 e. The maximum absolute atomic E-state index is 11.8. The first-order chi connectivity index (χ1) is 7.77. The Kier molecular flexibility index (Phi) is 1.76. The van der Waals surface area contributed by atoms with Crippen molar-refractivity contribution in [2.24, 2.45) is 0 Å². The van der Waals surface area contributed by atoms with Gasteiger partial charge in [-0.3, -0.25) is 4.79 Å². The van der Waals surface area contributed by atoms with Crippen molar-refractivity contribution >= 4 is 5.91 Å². The lowest BCUT2D eigenvalue weighted by Gasteiger charge is -2.05. The van der Waals surface area contributed by atoms with Crippen LogP contribution >= 0.6 is 0 Å². The lowest BCUT2D eigenvalue weighted by atomic mass is 10.0. The number of aromatic nitrogens is 4. The molecular formula is C10H9N5O. The molecule has 3 rings (SSSR count). The summed E-state index contributed by atoms with van der Waals surface area (Å²) in [5.74, 6) is 0.570. The number of benzene rings is 1. The fourth-order valence-electron chi connectivity index (χ4n) is 1.96. The Morgan fingerprint density at radius 2 is 2.19 bits per heavy atom. The van der Waals surface area contributed by atoms with Crippen LogP contribution in [0.2, 0.25) is 0 Å². The molecule has 0 saturated heterocycles. The molecule has 0 atom stereocenters. The van der Waals surface area contributed by atoms with Gasteiger partial charge in [0.25, 0.3) is 5.91 Å². The topological polar surface area (TPSA) is 74.8 Å². The van der Waals surface area contributed by atoms with Crippen LogP contribution in [-0.2, 0) is 6.54 Å². The molecule has 0 fully saturated rings. The zero-order valence-corrected chi connectivity index (χ0v) is 8.64. The van der Waals surface area contributed by atoms with E-state index in [9.17, 15) is 4.79 Å². The summed E-state index contributed by atoms with van der Waals surface area (Å²) in [5, 5.41) is 13.8. The van der Waals surface area contributed by atoms with E-state index in [-0.39, 0.29) is 5.91 Å². The quantitative estimate of drug-likeness (QED) is 0.749. The van der Waals surface area contributed by atoms with Crippen molar-refractivity contribution in [3.05, 3.63) is 29.3 Å². The maximum atomic E-state index is 11.8. The molecule has 16 heavy (non-hydrogen) atoms. The van der Waals surface area contributed by atoms with Crippen LogP contribution < -0.4 is 0 Å². The van der Waals surface area contributed by atoms with Gasteiger partial charge in [0, 0.05) is 24.7 Å². The molecule has 1 aliphatic heterocycles. The van der Waals surface area contributed by atoms with Crippen LogP contribution in [0.1, 0.15) is 15.9 Å². The van der Waals surface area contributed by atoms with Crippen LogP contribution in [0, 0.1) is 0 Å². The highest BCUT2D eigenvalue weighted by Gasteiger charge is 2.27. The van der Waals surface area contributed by atoms with Crippen molar-refractivity contribution in [3.63, 3.8) is 0 Å². The molecule has 2 heterocycles. The fraction of sp³-hybridized carbons (Fsp3) is 0.200. The van der Waals surface area contributed by atoms with Crippen LogP contribution in [0.15, 0.2) is 18.2 Å². The van der Waals surface area contributed by atoms with Gasteiger partial charge in [0.2, 0.25) is 5.82 Å². The summed E-state index contributed by atoms with van der Waals surface area (Å²) in [6, 6.07) is 5.56. The Morgan fingerprint density at radius 3 is 2.94 bits per heavy atom. The highest BCUT2D eigenvalue weighted by molar-refractivity contribution is 6.00. The summed E-state index contributed by atoms with van der Waals surface area (Å²) in [6.45, 7) is 0.596. The second-order valence-electron chi connectivity index (χ2n) is 3.73. The zero-order chi connectivity index (χ0) is 11.1. The normalized spacial score (nSPS) is 14.3. The zero-order valence-electron chi connectivity index (χ0n) is 8.64. The average molecular weight is 215 g/mol. The van der Waals surface area contributed by atoms with Crippen molar-refractivity contribution in [1.29, 1.82) is 0 Å². The second kappa shape index (κ2) is 3.13. The molecule has 1 N–H and O–H groups in total. The Labute approximate surface area is 91.3 Å². The van der Waals surface area contributed by atoms with Gasteiger partial charge in [-0.15, -0.1) is 10.2 Å². The Balaban J connectivity index is 2.20. The summed E-state index contributed by atoms with van der Waals surface area (Å²) in [7, 11) is 1.78. The number of fused-ring (bicyclic) bond motifs is 1. The highest BCUT2D eigenvalue weighted by atomic mass is 16.2. The van der Waals surface area contributed by atoms with Gasteiger partial charge in [-0.05, 0) is 16.8 Å². The molecular weight excluding hydrogens is 206 g/mol. The van der Waals surface area contributed by atoms with Gasteiger partial charge in [0.15, 0.2) is 0 Å². The van der Waals surface area contributed by atoms with E-state index in [4.69, 9.17) is 0 Å². The SMILES string of the molecule is CN1Cc2c(cccc2-c2nn[nH]n2)C1=O. The number of tetrazole rings is 1. The van der Waals surface area contributed by atoms with Crippen molar-refractivity contribution in [2.75, 3.05) is 7.05 Å². The van der Waals surface area contributed by atoms with Crippen LogP contribution in [0.4, 0.5) is 0 Å². The fourth-order valence-corrected chi connectivity index (χ4v) is 1.96. The predicted molar refractivity (Wildman–Crippen MR) is 55.4 cm³/mol. The van der Waals surface area contributed by atoms with Crippen LogP contribution in [0.5, 0.6) is 0 Å². The van der Waals surface area contributed by atoms with Gasteiger partial charge < -0.3 is 4.90 Å². The first-order valence-corrected chi connectivity index (χ1v) is 4.88. The molecule has 0 aliphatic carbocycles. The summed E-state index contributed by atoms with van der Waals surface area (Å²) >= 11 is 0. The van der Waals surface area contributed by atoms with E-state index in [0.29, 0.717) is 12.4 Å². The number of carbonyl (C=O) groups is 1. The number of carbonyl (C=O) groups excluding carboxylic acids is 1. The number of amides is 1. The number of nitrogens with zero attached hydrogens (tertiary/aromatic N) is 4. The van der Waals surface area contributed by atoms with E-state index in [2.05, 4.69) is 20.6 Å². The van der Waals surface area contributed by atoms with Gasteiger partial charge >= 0.3 is 0 Å². The molecule has 0 unspecified atom stereocenters. The molecule has 2 aromatic rings. The van der Waals surface area contributed by atoms with E-state index in [1.807, 2.05) is 18.2 Å². The summed E-state index contributed by atoms with van der Waals surface area (Å²) in [6.07, 6.45) is 0. The number of hydrogen-bond donors (Lipinski definition) is 1. The molecule has 1 amide bonds. The van der Waals surface area contributed by atoms with E-state index >= 15 is 0 Å². The van der Waals surface area contributed by atoms with Crippen molar-refractivity contribution < 1.29 is 4.79 Å². The van der Waals surface area contributed by atoms with Crippen molar-refractivity contribution in [3.8, 4) is 11.4 Å². The van der Waals surface area contributed by atoms with Gasteiger partial charge in [-0.2, -0.15) is 5.21 Å². The number of hydrogen-bond acceptors (Lipinski definition) is 4. The molecule has 80 valence electrons. The average Bonchev–Trinajstić information content (AvgIpc) is 2.89. The number of aromatic amines is 1. The highest BCUT2D eigenvalue weighted by Crippen LogP contribution is 2.29. The third-order valence-electron chi connectivity index (χ3n) is 2.73. The molecule has 0 saturated carbocycles. The minimum absolute atomic E-state index is 0.0420. The third-order valence-corrected chi connectivity index (χ3v) is 2.73. The van der Waals surface area contributed by atoms with Gasteiger partial charge in [-0.25, -0.2) is 0 Å². The molecule has 1 aromatic heterocycles. The van der Waals surface area contributed by atoms with Crippen LogP contribution in [-0.4, -0.2) is 38.5 Å². The lowest BCUT2D eigenvalue weighted by Crippen LogP contribution is -2.17. The maximum Gasteiger partial charge on any atom is 0.254 e. The first kappa shape index (κ1) is 9.02. The molecule has 0 bridgehead atoms. The Bertz CT molecular complexity index is 548. The minimum atomic E-state index is 0.0420. The molecule has 6 heteroatoms. The number of nitrogens with one attached hydrogen (secondary N) is 1. The molecule has 0 radical (unpaired) electrons. The third kappa shape index (κ3) is 1.13. The van der Waals surface area contributed by atoms with Crippen molar-refractivity contribution in [1.82, 2.24) is 25.5 Å². The van der Waals surface area contributed by atoms with Crippen LogP contribution in [0.25, 0.3) is 11.4 Å². The first-order valence-electron chi connectivity index (χ1n) is 4.88. The van der Waals surface area contributed by atoms with E-state index in [1.54, 1.807) is 11.9 Å². The van der Waals surface area contributed by atoms with Gasteiger partial charge in [0.05, 0.1) is 0 Å². The molecule has 0 spiro atoms. The van der Waals surface area contributed by atoms with E-state index < -0.39 is 0 Å². The number of rotatable bonds is 1. The summed E-state index contributed by atoms with van der Waals surface area (Å²) in [5.41, 5.74) is 2.56. The number of H-pyrrole nitrogens is 1. The Hall–Kier alpha value is -2.24. The lowest BCUT2D eigenvalue weighted by molar-refractivity contribution is 0.0816. The summed E-state index contributed by atoms with van der Waals surface area (Å²) < 4.78 is 0. The Morgan fingerprint density at radius 1 is 1.38 bits per heavy atom. The van der Waals surface area contributed by atoms with Gasteiger partial charge in [0.1, 0.15) is 0 Å². The van der Waals surface area contributed by atoms with E-state index in [1.165, 1.54) is 0 Å². The van der Waals surface area contributed by atoms with Crippen LogP contribution in [0.3, 0.4) is 0 Å². The van der Waals surface area contributed by atoms with Gasteiger partial charge in [-0.1, -0.05) is 12.1 Å². The predicted octanol–water partition coefficient (Wildman–Crippen LogP) is 0.452. The smallest absolute Gasteiger partial charge is 0.254 e. The monoisotopic (exact) mass is 215 g/mol. The molecule has 6 nitrogen and oxygen atoms in total. The van der Waals surface area contributed by atoms with E-state index in [0.717, 1.165) is 16.7 Å². The summed E-state index contributed by atoms with van der Waals surface area (Å²) in [4.78, 5) is 13.5. The molecule has 1 aliphatic rings.